The van der Waals surface area contributed by atoms with Gasteiger partial charge in [0.1, 0.15) is 0 Å². The van der Waals surface area contributed by atoms with Crippen LogP contribution in [0, 0.1) is 0 Å². The van der Waals surface area contributed by atoms with Crippen LogP contribution in [-0.2, 0) is 16.5 Å². The molecule has 11 heavy (non-hydrogen) atoms. The van der Waals surface area contributed by atoms with Crippen molar-refractivity contribution in [2.75, 3.05) is 0 Å². The Morgan fingerprint density at radius 3 is 2.09 bits per heavy atom. The van der Waals surface area contributed by atoms with Crippen molar-refractivity contribution in [1.29, 1.82) is 0 Å². The monoisotopic (exact) mass is 226 g/mol. The minimum Gasteiger partial charge on any atom is -0.425 e. The number of hydrogen-bond acceptors (Lipinski definition) is 4. The summed E-state index contributed by atoms with van der Waals surface area (Å²) in [5.74, 6) is 0. The van der Waals surface area contributed by atoms with E-state index in [1.54, 1.807) is 0 Å². The lowest BCUT2D eigenvalue weighted by Gasteiger charge is -2.28. The highest BCUT2D eigenvalue weighted by Crippen LogP contribution is 2.12. The highest BCUT2D eigenvalue weighted by Gasteiger charge is 2.29. The van der Waals surface area contributed by atoms with E-state index in [2.05, 4.69) is 13.5 Å². The molecule has 1 saturated heterocycles. The molecule has 0 unspecified atom stereocenters. The van der Waals surface area contributed by atoms with E-state index in [4.69, 9.17) is 16.5 Å². The van der Waals surface area contributed by atoms with Crippen LogP contribution in [0.2, 0.25) is 12.6 Å². The average Bonchev–Trinajstić information content (AvgIpc) is 1.98. The lowest BCUT2D eigenvalue weighted by Crippen LogP contribution is -2.43. The minimum atomic E-state index is -1.80. The molecule has 0 radical (unpaired) electrons. The molecule has 0 atom stereocenters. The third kappa shape index (κ3) is 3.29. The van der Waals surface area contributed by atoms with E-state index >= 15 is 0 Å². The van der Waals surface area contributed by atoms with Crippen LogP contribution in [0.1, 0.15) is 6.92 Å². The third-order valence-electron chi connectivity index (χ3n) is 1.70. The summed E-state index contributed by atoms with van der Waals surface area (Å²) < 4.78 is 21.9. The van der Waals surface area contributed by atoms with Gasteiger partial charge in [-0.05, 0) is 12.6 Å². The van der Waals surface area contributed by atoms with Gasteiger partial charge in [0.2, 0.25) is 0 Å². The standard InChI is InChI=1S/C3H14O4Si4/c1-3-11(2)6-9-4-8-5-10-7-11/h3,8-10H2,1-2H3. The van der Waals surface area contributed by atoms with Gasteiger partial charge >= 0.3 is 8.56 Å². The summed E-state index contributed by atoms with van der Waals surface area (Å²) in [5, 5.41) is 0. The van der Waals surface area contributed by atoms with Crippen molar-refractivity contribution in [3.05, 3.63) is 0 Å². The smallest absolute Gasteiger partial charge is 0.316 e. The van der Waals surface area contributed by atoms with Crippen molar-refractivity contribution in [2.45, 2.75) is 19.5 Å². The molecule has 0 N–H and O–H groups in total. The van der Waals surface area contributed by atoms with E-state index in [-0.39, 0.29) is 0 Å². The normalized spacial score (nSPS) is 40.9. The van der Waals surface area contributed by atoms with Crippen molar-refractivity contribution in [3.63, 3.8) is 0 Å². The van der Waals surface area contributed by atoms with Crippen molar-refractivity contribution in [3.8, 4) is 0 Å². The molecule has 0 amide bonds. The van der Waals surface area contributed by atoms with Gasteiger partial charge in [0.25, 0.3) is 30.0 Å². The van der Waals surface area contributed by atoms with Crippen LogP contribution in [0.3, 0.4) is 0 Å². The predicted octanol–water partition coefficient (Wildman–Crippen LogP) is -1.85. The zero-order valence-corrected chi connectivity index (χ0v) is 12.2. The van der Waals surface area contributed by atoms with Crippen molar-refractivity contribution in [1.82, 2.24) is 0 Å². The molecule has 0 aromatic carbocycles. The number of hydrogen-bond donors (Lipinski definition) is 0. The van der Waals surface area contributed by atoms with E-state index in [0.29, 0.717) is 0 Å². The van der Waals surface area contributed by atoms with Gasteiger partial charge in [0, 0.05) is 0 Å². The van der Waals surface area contributed by atoms with Gasteiger partial charge in [0.05, 0.1) is 0 Å². The summed E-state index contributed by atoms with van der Waals surface area (Å²) in [6.07, 6.45) is 0. The fraction of sp³-hybridized carbons (Fsp3) is 1.00. The van der Waals surface area contributed by atoms with Crippen LogP contribution in [-0.4, -0.2) is 38.6 Å². The fourth-order valence-corrected chi connectivity index (χ4v) is 9.66. The van der Waals surface area contributed by atoms with E-state index in [1.807, 2.05) is 0 Å². The third-order valence-corrected chi connectivity index (χ3v) is 11.5. The van der Waals surface area contributed by atoms with E-state index in [1.165, 1.54) is 0 Å². The Morgan fingerprint density at radius 2 is 1.64 bits per heavy atom. The highest BCUT2D eigenvalue weighted by atomic mass is 28.5. The second kappa shape index (κ2) is 4.66. The first-order chi connectivity index (χ1) is 5.27. The first-order valence-electron chi connectivity index (χ1n) is 3.70. The lowest BCUT2D eigenvalue weighted by molar-refractivity contribution is 0.310. The molecule has 66 valence electrons. The van der Waals surface area contributed by atoms with Crippen molar-refractivity contribution >= 4 is 38.6 Å². The van der Waals surface area contributed by atoms with Crippen LogP contribution in [0.25, 0.3) is 0 Å². The highest BCUT2D eigenvalue weighted by molar-refractivity contribution is 6.74. The van der Waals surface area contributed by atoms with E-state index < -0.39 is 38.6 Å². The quantitative estimate of drug-likeness (QED) is 0.492. The Morgan fingerprint density at radius 1 is 1.09 bits per heavy atom. The average molecular weight is 226 g/mol. The Balaban J connectivity index is 2.37. The predicted molar refractivity (Wildman–Crippen MR) is 52.1 cm³/mol. The van der Waals surface area contributed by atoms with Gasteiger partial charge in [-0.3, -0.25) is 0 Å². The molecule has 1 aliphatic heterocycles. The van der Waals surface area contributed by atoms with Crippen LogP contribution in [0.15, 0.2) is 0 Å². The second-order valence-electron chi connectivity index (χ2n) is 2.54. The van der Waals surface area contributed by atoms with Gasteiger partial charge < -0.3 is 16.5 Å². The summed E-state index contributed by atoms with van der Waals surface area (Å²) in [4.78, 5) is 0. The maximum Gasteiger partial charge on any atom is 0.316 e. The topological polar surface area (TPSA) is 36.9 Å². The lowest BCUT2D eigenvalue weighted by atomic mass is 11.0. The van der Waals surface area contributed by atoms with Crippen LogP contribution >= 0.6 is 0 Å². The van der Waals surface area contributed by atoms with Crippen LogP contribution in [0.5, 0.6) is 0 Å². The van der Waals surface area contributed by atoms with E-state index in [0.717, 1.165) is 6.04 Å². The Hall–Kier alpha value is 0.708. The summed E-state index contributed by atoms with van der Waals surface area (Å²) >= 11 is 0. The zero-order chi connectivity index (χ0) is 8.16. The summed E-state index contributed by atoms with van der Waals surface area (Å²) in [6, 6.07) is 1.00. The molecule has 0 saturated carbocycles. The molecule has 0 aliphatic carbocycles. The van der Waals surface area contributed by atoms with Crippen LogP contribution in [0.4, 0.5) is 0 Å². The Kier molecular flexibility index (Phi) is 4.15. The van der Waals surface area contributed by atoms with E-state index in [9.17, 15) is 0 Å². The molecule has 0 aromatic rings. The first-order valence-corrected chi connectivity index (χ1v) is 9.69. The molecule has 0 spiro atoms. The van der Waals surface area contributed by atoms with Gasteiger partial charge in [-0.25, -0.2) is 0 Å². The summed E-state index contributed by atoms with van der Waals surface area (Å²) in [5.41, 5.74) is 0. The molecule has 0 bridgehead atoms. The number of rotatable bonds is 1. The summed E-state index contributed by atoms with van der Waals surface area (Å²) in [7, 11) is -4.04. The molecular formula is C3H14O4Si4. The fourth-order valence-electron chi connectivity index (χ4n) is 0.705. The molecule has 1 fully saturated rings. The molecule has 1 heterocycles. The first kappa shape index (κ1) is 9.79. The maximum atomic E-state index is 5.64. The Bertz CT molecular complexity index is 114. The summed E-state index contributed by atoms with van der Waals surface area (Å²) in [6.45, 7) is 4.20. The molecule has 1 rings (SSSR count). The second-order valence-corrected chi connectivity index (χ2v) is 11.8. The molecule has 1 aliphatic rings. The molecule has 4 nitrogen and oxygen atoms in total. The van der Waals surface area contributed by atoms with Gasteiger partial charge in [-0.1, -0.05) is 6.92 Å². The van der Waals surface area contributed by atoms with Gasteiger partial charge in [-0.15, -0.1) is 0 Å². The maximum absolute atomic E-state index is 5.64. The molecular weight excluding hydrogens is 212 g/mol. The van der Waals surface area contributed by atoms with Crippen molar-refractivity contribution in [2.24, 2.45) is 0 Å². The van der Waals surface area contributed by atoms with Gasteiger partial charge in [-0.2, -0.15) is 0 Å². The zero-order valence-electron chi connectivity index (χ0n) is 6.96. The van der Waals surface area contributed by atoms with Crippen LogP contribution < -0.4 is 0 Å². The molecule has 8 heteroatoms. The SMILES string of the molecule is CC[Si]1(C)O[SiH2]O[SiH2]O[SiH2]O1. The van der Waals surface area contributed by atoms with Crippen molar-refractivity contribution < 1.29 is 16.5 Å². The largest absolute Gasteiger partial charge is 0.425 e. The molecule has 0 aromatic heterocycles. The Labute approximate surface area is 75.0 Å². The van der Waals surface area contributed by atoms with Gasteiger partial charge in [0.15, 0.2) is 0 Å². The minimum absolute atomic E-state index is 0.709.